The van der Waals surface area contributed by atoms with Crippen molar-refractivity contribution in [2.45, 2.75) is 24.3 Å². The Hall–Kier alpha value is -2.89. The molecule has 3 aromatic rings. The van der Waals surface area contributed by atoms with E-state index in [2.05, 4.69) is 10.9 Å². The highest BCUT2D eigenvalue weighted by atomic mass is 32.2. The van der Waals surface area contributed by atoms with Crippen LogP contribution in [-0.4, -0.2) is 31.8 Å². The van der Waals surface area contributed by atoms with Crippen LogP contribution in [0, 0.1) is 12.3 Å². The lowest BCUT2D eigenvalue weighted by Gasteiger charge is -2.03. The van der Waals surface area contributed by atoms with Gasteiger partial charge in [-0.3, -0.25) is 4.79 Å². The maximum atomic E-state index is 12.3. The van der Waals surface area contributed by atoms with Gasteiger partial charge in [0.15, 0.2) is 14.6 Å². The minimum atomic E-state index is -3.41. The zero-order valence-electron chi connectivity index (χ0n) is 15.9. The molecule has 0 N–H and O–H groups in total. The summed E-state index contributed by atoms with van der Waals surface area (Å²) in [6.45, 7) is 0.279. The van der Waals surface area contributed by atoms with E-state index >= 15 is 0 Å². The van der Waals surface area contributed by atoms with Gasteiger partial charge in [0, 0.05) is 6.42 Å². The van der Waals surface area contributed by atoms with Crippen molar-refractivity contribution in [1.29, 1.82) is 0 Å². The molecule has 3 rings (SSSR count). The summed E-state index contributed by atoms with van der Waals surface area (Å²) in [7, 11) is -1.82. The molecule has 8 heteroatoms. The Morgan fingerprint density at radius 2 is 2.00 bits per heavy atom. The van der Waals surface area contributed by atoms with E-state index in [0.29, 0.717) is 10.6 Å². The number of methoxy groups -OCH3 is 1. The van der Waals surface area contributed by atoms with Gasteiger partial charge in [-0.25, -0.2) is 8.42 Å². The third-order valence-corrected chi connectivity index (χ3v) is 7.12. The minimum absolute atomic E-state index is 0.0414. The highest BCUT2D eigenvalue weighted by Crippen LogP contribution is 2.23. The number of ether oxygens (including phenoxy) is 1. The normalized spacial score (nSPS) is 12.1. The molecule has 1 heterocycles. The number of amides is 1. The standard InChI is InChI=1S/C21H20N2O4S2/c1-3-13-23-18-12-11-16(27-2)15-19(18)28-21(23)22-20(24)10-7-14-29(25,26)17-8-5-4-6-9-17/h1,4-6,8-9,11-12,15H,7,10,13-14H2,2H3. The molecule has 0 aliphatic rings. The highest BCUT2D eigenvalue weighted by molar-refractivity contribution is 7.91. The van der Waals surface area contributed by atoms with Crippen LogP contribution in [0.25, 0.3) is 10.2 Å². The highest BCUT2D eigenvalue weighted by Gasteiger charge is 2.15. The van der Waals surface area contributed by atoms with Gasteiger partial charge in [-0.05, 0) is 36.8 Å². The van der Waals surface area contributed by atoms with Crippen LogP contribution in [0.4, 0.5) is 0 Å². The van der Waals surface area contributed by atoms with Crippen LogP contribution in [0.1, 0.15) is 12.8 Å². The van der Waals surface area contributed by atoms with E-state index in [1.807, 2.05) is 18.2 Å². The molecule has 0 aliphatic heterocycles. The number of carbonyl (C=O) groups excluding carboxylic acids is 1. The van der Waals surface area contributed by atoms with Crippen molar-refractivity contribution in [3.05, 3.63) is 53.3 Å². The van der Waals surface area contributed by atoms with Gasteiger partial charge in [0.2, 0.25) is 5.91 Å². The number of benzene rings is 2. The van der Waals surface area contributed by atoms with E-state index in [1.165, 1.54) is 11.3 Å². The smallest absolute Gasteiger partial charge is 0.248 e. The van der Waals surface area contributed by atoms with Gasteiger partial charge in [0.25, 0.3) is 0 Å². The van der Waals surface area contributed by atoms with Crippen molar-refractivity contribution in [3.8, 4) is 18.1 Å². The van der Waals surface area contributed by atoms with E-state index in [-0.39, 0.29) is 35.9 Å². The Morgan fingerprint density at radius 3 is 2.69 bits per heavy atom. The molecule has 2 aromatic carbocycles. The summed E-state index contributed by atoms with van der Waals surface area (Å²) in [6.07, 6.45) is 5.71. The van der Waals surface area contributed by atoms with Crippen molar-refractivity contribution in [2.24, 2.45) is 4.99 Å². The lowest BCUT2D eigenvalue weighted by Crippen LogP contribution is -2.16. The molecule has 29 heavy (non-hydrogen) atoms. The summed E-state index contributed by atoms with van der Waals surface area (Å²) in [5, 5.41) is 0. The third-order valence-electron chi connectivity index (χ3n) is 4.27. The molecule has 0 fully saturated rings. The first-order valence-corrected chi connectivity index (χ1v) is 11.4. The van der Waals surface area contributed by atoms with Crippen LogP contribution in [0.5, 0.6) is 5.75 Å². The third kappa shape index (κ3) is 4.94. The second-order valence-corrected chi connectivity index (χ2v) is 9.37. The fraction of sp³-hybridized carbons (Fsp3) is 0.238. The summed E-state index contributed by atoms with van der Waals surface area (Å²) in [4.78, 5) is 17.3. The fourth-order valence-corrected chi connectivity index (χ4v) is 5.24. The van der Waals surface area contributed by atoms with E-state index in [4.69, 9.17) is 11.2 Å². The molecule has 0 saturated heterocycles. The maximum absolute atomic E-state index is 12.3. The second-order valence-electron chi connectivity index (χ2n) is 6.25. The van der Waals surface area contributed by atoms with Gasteiger partial charge in [-0.1, -0.05) is 35.5 Å². The maximum Gasteiger partial charge on any atom is 0.248 e. The molecular formula is C21H20N2O4S2. The number of thiazole rings is 1. The lowest BCUT2D eigenvalue weighted by molar-refractivity contribution is -0.118. The topological polar surface area (TPSA) is 77.7 Å². The number of carbonyl (C=O) groups is 1. The Labute approximate surface area is 173 Å². The molecule has 0 unspecified atom stereocenters. The Balaban J connectivity index is 1.77. The molecule has 0 saturated carbocycles. The largest absolute Gasteiger partial charge is 0.497 e. The van der Waals surface area contributed by atoms with Crippen molar-refractivity contribution in [1.82, 2.24) is 4.57 Å². The summed E-state index contributed by atoms with van der Waals surface area (Å²) >= 11 is 1.34. The Bertz CT molecular complexity index is 1230. The molecule has 6 nitrogen and oxygen atoms in total. The quantitative estimate of drug-likeness (QED) is 0.542. The first-order chi connectivity index (χ1) is 13.9. The number of terminal acetylenes is 1. The van der Waals surface area contributed by atoms with Gasteiger partial charge in [-0.15, -0.1) is 6.42 Å². The molecule has 0 bridgehead atoms. The zero-order chi connectivity index (χ0) is 20.9. The number of sulfone groups is 1. The van der Waals surface area contributed by atoms with Crippen LogP contribution >= 0.6 is 11.3 Å². The molecule has 1 aromatic heterocycles. The molecule has 0 atom stereocenters. The number of fused-ring (bicyclic) bond motifs is 1. The molecule has 1 amide bonds. The van der Waals surface area contributed by atoms with Crippen molar-refractivity contribution >= 4 is 37.3 Å². The van der Waals surface area contributed by atoms with Crippen molar-refractivity contribution in [2.75, 3.05) is 12.9 Å². The summed E-state index contributed by atoms with van der Waals surface area (Å²) in [5.74, 6) is 2.80. The first-order valence-electron chi connectivity index (χ1n) is 8.91. The van der Waals surface area contributed by atoms with E-state index < -0.39 is 9.84 Å². The van der Waals surface area contributed by atoms with Crippen LogP contribution in [0.2, 0.25) is 0 Å². The zero-order valence-corrected chi connectivity index (χ0v) is 17.5. The average Bonchev–Trinajstić information content (AvgIpc) is 3.05. The number of rotatable bonds is 7. The van der Waals surface area contributed by atoms with Crippen LogP contribution in [0.3, 0.4) is 0 Å². The number of aromatic nitrogens is 1. The first kappa shape index (κ1) is 20.8. The average molecular weight is 429 g/mol. The van der Waals surface area contributed by atoms with E-state index in [9.17, 15) is 13.2 Å². The van der Waals surface area contributed by atoms with Crippen molar-refractivity contribution < 1.29 is 17.9 Å². The molecule has 0 aliphatic carbocycles. The lowest BCUT2D eigenvalue weighted by atomic mass is 10.3. The summed E-state index contributed by atoms with van der Waals surface area (Å²) in [5.41, 5.74) is 0.868. The fourth-order valence-electron chi connectivity index (χ4n) is 2.83. The van der Waals surface area contributed by atoms with Gasteiger partial charge < -0.3 is 9.30 Å². The van der Waals surface area contributed by atoms with E-state index in [1.54, 1.807) is 42.0 Å². The Morgan fingerprint density at radius 1 is 1.24 bits per heavy atom. The number of hydrogen-bond donors (Lipinski definition) is 0. The van der Waals surface area contributed by atoms with Crippen molar-refractivity contribution in [3.63, 3.8) is 0 Å². The SMILES string of the molecule is C#CCn1c(=NC(=O)CCCS(=O)(=O)c2ccccc2)sc2cc(OC)ccc21. The van der Waals surface area contributed by atoms with Crippen LogP contribution in [0.15, 0.2) is 58.4 Å². The number of hydrogen-bond acceptors (Lipinski definition) is 5. The van der Waals surface area contributed by atoms with Crippen LogP contribution in [-0.2, 0) is 21.2 Å². The van der Waals surface area contributed by atoms with Gasteiger partial charge in [0.05, 0.1) is 34.5 Å². The monoisotopic (exact) mass is 428 g/mol. The predicted molar refractivity (Wildman–Crippen MR) is 113 cm³/mol. The van der Waals surface area contributed by atoms with Crippen LogP contribution < -0.4 is 9.54 Å². The van der Waals surface area contributed by atoms with E-state index in [0.717, 1.165) is 10.2 Å². The summed E-state index contributed by atoms with van der Waals surface area (Å²) < 4.78 is 32.5. The summed E-state index contributed by atoms with van der Waals surface area (Å²) in [6, 6.07) is 13.8. The minimum Gasteiger partial charge on any atom is -0.497 e. The Kier molecular flexibility index (Phi) is 6.52. The number of nitrogens with zero attached hydrogens (tertiary/aromatic N) is 2. The second kappa shape index (κ2) is 9.07. The molecular weight excluding hydrogens is 408 g/mol. The molecule has 0 spiro atoms. The molecule has 150 valence electrons. The van der Waals surface area contributed by atoms with Gasteiger partial charge >= 0.3 is 0 Å². The van der Waals surface area contributed by atoms with Gasteiger partial charge in [0.1, 0.15) is 5.75 Å². The molecule has 0 radical (unpaired) electrons. The predicted octanol–water partition coefficient (Wildman–Crippen LogP) is 3.03. The van der Waals surface area contributed by atoms with Gasteiger partial charge in [-0.2, -0.15) is 4.99 Å².